The van der Waals surface area contributed by atoms with Crippen LogP contribution in [0.25, 0.3) is 0 Å². The maximum absolute atomic E-state index is 10.3. The molecule has 0 aromatic carbocycles. The zero-order valence-corrected chi connectivity index (χ0v) is 4.90. The minimum atomic E-state index is -0.615. The molecule has 0 saturated carbocycles. The third-order valence-electron chi connectivity index (χ3n) is 0.834. The van der Waals surface area contributed by atoms with E-state index in [0.29, 0.717) is 5.69 Å². The number of primary amides is 1. The van der Waals surface area contributed by atoms with E-state index in [0.717, 1.165) is 4.68 Å². The van der Waals surface area contributed by atoms with E-state index in [-0.39, 0.29) is 0 Å². The molecule has 0 radical (unpaired) electrons. The monoisotopic (exact) mass is 126 g/mol. The summed E-state index contributed by atoms with van der Waals surface area (Å²) in [6.07, 6.45) is 1.46. The van der Waals surface area contributed by atoms with E-state index in [1.807, 2.05) is 0 Å². The second kappa shape index (κ2) is 1.85. The summed E-state index contributed by atoms with van der Waals surface area (Å²) in [6, 6.07) is -0.615. The second-order valence-corrected chi connectivity index (χ2v) is 1.64. The van der Waals surface area contributed by atoms with Gasteiger partial charge in [-0.2, -0.15) is 4.68 Å². The number of nitrogens with zero attached hydrogens (tertiary/aromatic N) is 3. The van der Waals surface area contributed by atoms with E-state index in [1.54, 1.807) is 6.92 Å². The van der Waals surface area contributed by atoms with Crippen LogP contribution in [0.5, 0.6) is 0 Å². The summed E-state index contributed by atoms with van der Waals surface area (Å²) >= 11 is 0. The van der Waals surface area contributed by atoms with Crippen molar-refractivity contribution < 1.29 is 4.79 Å². The van der Waals surface area contributed by atoms with Gasteiger partial charge in [-0.1, -0.05) is 5.21 Å². The average Bonchev–Trinajstić information content (AvgIpc) is 2.14. The molecule has 0 spiro atoms. The van der Waals surface area contributed by atoms with E-state index in [1.165, 1.54) is 6.20 Å². The van der Waals surface area contributed by atoms with Gasteiger partial charge in [0, 0.05) is 0 Å². The SMILES string of the molecule is Cc1cn(C(N)=O)nn1. The summed E-state index contributed by atoms with van der Waals surface area (Å²) in [6.45, 7) is 1.73. The number of carbonyl (C=O) groups excluding carboxylic acids is 1. The number of nitrogens with two attached hydrogens (primary N) is 1. The van der Waals surface area contributed by atoms with Crippen LogP contribution in [0.2, 0.25) is 0 Å². The molecule has 0 fully saturated rings. The maximum Gasteiger partial charge on any atom is 0.340 e. The van der Waals surface area contributed by atoms with Crippen LogP contribution >= 0.6 is 0 Å². The van der Waals surface area contributed by atoms with Crippen LogP contribution in [0.3, 0.4) is 0 Å². The Morgan fingerprint density at radius 3 is 2.78 bits per heavy atom. The lowest BCUT2D eigenvalue weighted by Crippen LogP contribution is -2.19. The van der Waals surface area contributed by atoms with Gasteiger partial charge in [0.05, 0.1) is 11.9 Å². The molecule has 0 saturated heterocycles. The van der Waals surface area contributed by atoms with E-state index in [4.69, 9.17) is 5.73 Å². The summed E-state index contributed by atoms with van der Waals surface area (Å²) < 4.78 is 0.981. The first-order chi connectivity index (χ1) is 4.20. The molecule has 0 aliphatic heterocycles. The van der Waals surface area contributed by atoms with Crippen molar-refractivity contribution in [3.63, 3.8) is 0 Å². The van der Waals surface area contributed by atoms with Gasteiger partial charge in [0.15, 0.2) is 0 Å². The van der Waals surface area contributed by atoms with Gasteiger partial charge in [-0.3, -0.25) is 0 Å². The van der Waals surface area contributed by atoms with E-state index in [9.17, 15) is 4.79 Å². The predicted molar refractivity (Wildman–Crippen MR) is 29.7 cm³/mol. The Morgan fingerprint density at radius 2 is 2.56 bits per heavy atom. The van der Waals surface area contributed by atoms with Crippen LogP contribution in [0.15, 0.2) is 6.20 Å². The molecule has 1 heterocycles. The lowest BCUT2D eigenvalue weighted by Gasteiger charge is -1.85. The molecule has 9 heavy (non-hydrogen) atoms. The summed E-state index contributed by atoms with van der Waals surface area (Å²) in [4.78, 5) is 10.3. The minimum Gasteiger partial charge on any atom is -0.350 e. The van der Waals surface area contributed by atoms with Crippen molar-refractivity contribution in [2.45, 2.75) is 6.92 Å². The molecule has 0 bridgehead atoms. The lowest BCUT2D eigenvalue weighted by atomic mass is 10.6. The highest BCUT2D eigenvalue weighted by atomic mass is 16.2. The van der Waals surface area contributed by atoms with Crippen molar-refractivity contribution in [2.75, 3.05) is 0 Å². The highest BCUT2D eigenvalue weighted by Gasteiger charge is 1.98. The van der Waals surface area contributed by atoms with Crippen LogP contribution in [-0.2, 0) is 0 Å². The molecule has 1 rings (SSSR count). The number of aromatic nitrogens is 3. The van der Waals surface area contributed by atoms with Crippen molar-refractivity contribution in [2.24, 2.45) is 5.73 Å². The Kier molecular flexibility index (Phi) is 1.18. The topological polar surface area (TPSA) is 73.8 Å². The predicted octanol–water partition coefficient (Wildman–Crippen LogP) is -0.487. The zero-order chi connectivity index (χ0) is 6.85. The molecule has 0 aliphatic carbocycles. The fraction of sp³-hybridized carbons (Fsp3) is 0.250. The van der Waals surface area contributed by atoms with Gasteiger partial charge in [0.1, 0.15) is 0 Å². The van der Waals surface area contributed by atoms with E-state index >= 15 is 0 Å². The van der Waals surface area contributed by atoms with Crippen LogP contribution < -0.4 is 5.73 Å². The quantitative estimate of drug-likeness (QED) is 0.509. The van der Waals surface area contributed by atoms with E-state index < -0.39 is 6.03 Å². The third-order valence-corrected chi connectivity index (χ3v) is 0.834. The van der Waals surface area contributed by atoms with Crippen LogP contribution in [-0.4, -0.2) is 21.0 Å². The Morgan fingerprint density at radius 1 is 1.89 bits per heavy atom. The molecular formula is C4H6N4O. The zero-order valence-electron chi connectivity index (χ0n) is 4.90. The number of carbonyl (C=O) groups is 1. The molecule has 5 heteroatoms. The molecular weight excluding hydrogens is 120 g/mol. The van der Waals surface area contributed by atoms with Crippen molar-refractivity contribution in [1.29, 1.82) is 0 Å². The second-order valence-electron chi connectivity index (χ2n) is 1.64. The first-order valence-electron chi connectivity index (χ1n) is 2.39. The fourth-order valence-electron chi connectivity index (χ4n) is 0.455. The summed E-state index contributed by atoms with van der Waals surface area (Å²) in [5.74, 6) is 0. The molecule has 5 nitrogen and oxygen atoms in total. The number of amides is 1. The lowest BCUT2D eigenvalue weighted by molar-refractivity contribution is 0.247. The van der Waals surface area contributed by atoms with Gasteiger partial charge >= 0.3 is 6.03 Å². The third kappa shape index (κ3) is 1.04. The molecule has 1 amide bonds. The molecule has 1 aromatic rings. The summed E-state index contributed by atoms with van der Waals surface area (Å²) in [7, 11) is 0. The molecule has 1 aromatic heterocycles. The Balaban J connectivity index is 2.98. The number of hydrogen-bond acceptors (Lipinski definition) is 3. The Hall–Kier alpha value is -1.39. The van der Waals surface area contributed by atoms with Gasteiger partial charge in [-0.25, -0.2) is 4.79 Å². The molecule has 2 N–H and O–H groups in total. The van der Waals surface area contributed by atoms with Crippen LogP contribution in [0.4, 0.5) is 4.79 Å². The molecule has 0 atom stereocenters. The number of rotatable bonds is 0. The van der Waals surface area contributed by atoms with Gasteiger partial charge in [0.25, 0.3) is 0 Å². The van der Waals surface area contributed by atoms with Crippen molar-refractivity contribution >= 4 is 6.03 Å². The van der Waals surface area contributed by atoms with Crippen LogP contribution in [0.1, 0.15) is 5.69 Å². The molecule has 0 aliphatic rings. The van der Waals surface area contributed by atoms with Crippen molar-refractivity contribution in [1.82, 2.24) is 15.0 Å². The van der Waals surface area contributed by atoms with E-state index in [2.05, 4.69) is 10.3 Å². The number of hydrogen-bond donors (Lipinski definition) is 1. The molecule has 0 unspecified atom stereocenters. The van der Waals surface area contributed by atoms with Crippen molar-refractivity contribution in [3.05, 3.63) is 11.9 Å². The first-order valence-corrected chi connectivity index (χ1v) is 2.39. The number of aryl methyl sites for hydroxylation is 1. The van der Waals surface area contributed by atoms with Crippen LogP contribution in [0, 0.1) is 6.92 Å². The largest absolute Gasteiger partial charge is 0.350 e. The van der Waals surface area contributed by atoms with Crippen molar-refractivity contribution in [3.8, 4) is 0 Å². The standard InChI is InChI=1S/C4H6N4O/c1-3-2-8(4(5)9)7-6-3/h2H,1H3,(H2,5,9). The highest BCUT2D eigenvalue weighted by molar-refractivity contribution is 5.73. The Bertz CT molecular complexity index is 228. The van der Waals surface area contributed by atoms with Gasteiger partial charge in [-0.15, -0.1) is 5.10 Å². The van der Waals surface area contributed by atoms with Gasteiger partial charge in [-0.05, 0) is 6.92 Å². The highest BCUT2D eigenvalue weighted by Crippen LogP contribution is 1.85. The first kappa shape index (κ1) is 5.74. The molecule has 48 valence electrons. The Labute approximate surface area is 51.5 Å². The minimum absolute atomic E-state index is 0.615. The van der Waals surface area contributed by atoms with Gasteiger partial charge in [0.2, 0.25) is 0 Å². The normalized spacial score (nSPS) is 9.44. The average molecular weight is 126 g/mol. The fourth-order valence-corrected chi connectivity index (χ4v) is 0.455. The summed E-state index contributed by atoms with van der Waals surface area (Å²) in [5.41, 5.74) is 5.52. The maximum atomic E-state index is 10.3. The summed E-state index contributed by atoms with van der Waals surface area (Å²) in [5, 5.41) is 6.96. The smallest absolute Gasteiger partial charge is 0.340 e. The van der Waals surface area contributed by atoms with Gasteiger partial charge < -0.3 is 5.73 Å².